The Kier molecular flexibility index (Phi) is 5.93. The number of hydrogen-bond acceptors (Lipinski definition) is 6. The van der Waals surface area contributed by atoms with Crippen LogP contribution in [0.25, 0.3) is 22.3 Å². The minimum absolute atomic E-state index is 0.0238. The average molecular weight is 482 g/mol. The van der Waals surface area contributed by atoms with E-state index in [0.717, 1.165) is 37.1 Å². The third-order valence-electron chi connectivity index (χ3n) is 6.97. The van der Waals surface area contributed by atoms with Gasteiger partial charge >= 0.3 is 0 Å². The van der Waals surface area contributed by atoms with E-state index in [4.69, 9.17) is 4.98 Å². The molecule has 2 saturated heterocycles. The number of carbonyl (C=O) groups excluding carboxylic acids is 1. The number of amides is 1. The lowest BCUT2D eigenvalue weighted by Crippen LogP contribution is -2.50. The van der Waals surface area contributed by atoms with Crippen LogP contribution in [0.4, 0.5) is 0 Å². The van der Waals surface area contributed by atoms with Crippen molar-refractivity contribution in [1.29, 1.82) is 0 Å². The number of fused-ring (bicyclic) bond motifs is 1. The van der Waals surface area contributed by atoms with Gasteiger partial charge in [-0.2, -0.15) is 5.10 Å². The highest BCUT2D eigenvalue weighted by Crippen LogP contribution is 2.29. The van der Waals surface area contributed by atoms with Crippen molar-refractivity contribution >= 4 is 26.8 Å². The van der Waals surface area contributed by atoms with Gasteiger partial charge < -0.3 is 5.32 Å². The summed E-state index contributed by atoms with van der Waals surface area (Å²) in [6.45, 7) is 7.83. The molecular weight excluding hydrogens is 450 g/mol. The first-order chi connectivity index (χ1) is 16.2. The van der Waals surface area contributed by atoms with Crippen molar-refractivity contribution < 1.29 is 13.2 Å². The molecule has 0 aliphatic carbocycles. The van der Waals surface area contributed by atoms with Crippen LogP contribution in [0.15, 0.2) is 36.5 Å². The highest BCUT2D eigenvalue weighted by Gasteiger charge is 2.42. The average Bonchev–Trinajstić information content (AvgIpc) is 3.51. The van der Waals surface area contributed by atoms with Crippen LogP contribution < -0.4 is 5.32 Å². The molecule has 34 heavy (non-hydrogen) atoms. The van der Waals surface area contributed by atoms with Gasteiger partial charge in [-0.25, -0.2) is 18.1 Å². The van der Waals surface area contributed by atoms with E-state index in [1.54, 1.807) is 12.3 Å². The molecule has 1 N–H and O–H groups in total. The Morgan fingerprint density at radius 1 is 1.15 bits per heavy atom. The molecule has 2 atom stereocenters. The second-order valence-corrected chi connectivity index (χ2v) is 11.9. The summed E-state index contributed by atoms with van der Waals surface area (Å²) in [5.74, 6) is -0.204. The van der Waals surface area contributed by atoms with E-state index in [1.807, 2.05) is 49.7 Å². The monoisotopic (exact) mass is 481 g/mol. The van der Waals surface area contributed by atoms with Crippen LogP contribution in [-0.4, -0.2) is 70.7 Å². The van der Waals surface area contributed by atoms with Crippen LogP contribution in [0, 0.1) is 6.92 Å². The first kappa shape index (κ1) is 23.0. The van der Waals surface area contributed by atoms with Gasteiger partial charge in [0.05, 0.1) is 40.4 Å². The van der Waals surface area contributed by atoms with Gasteiger partial charge in [0, 0.05) is 17.6 Å². The van der Waals surface area contributed by atoms with Gasteiger partial charge in [0.2, 0.25) is 0 Å². The summed E-state index contributed by atoms with van der Waals surface area (Å²) >= 11 is 0. The molecule has 1 amide bonds. The largest absolute Gasteiger partial charge is 0.347 e. The molecule has 4 heterocycles. The van der Waals surface area contributed by atoms with E-state index in [1.165, 1.54) is 0 Å². The van der Waals surface area contributed by atoms with Gasteiger partial charge in [0.1, 0.15) is 0 Å². The zero-order chi connectivity index (χ0) is 24.0. The smallest absolute Gasteiger partial charge is 0.252 e. The first-order valence-corrected chi connectivity index (χ1v) is 13.8. The van der Waals surface area contributed by atoms with Crippen molar-refractivity contribution in [3.63, 3.8) is 0 Å². The Morgan fingerprint density at radius 3 is 2.59 bits per heavy atom. The number of likely N-dealkylation sites (tertiary alicyclic amines) is 1. The van der Waals surface area contributed by atoms with Crippen molar-refractivity contribution in [3.05, 3.63) is 47.7 Å². The van der Waals surface area contributed by atoms with Crippen molar-refractivity contribution in [2.75, 3.05) is 24.6 Å². The molecule has 2 unspecified atom stereocenters. The van der Waals surface area contributed by atoms with Gasteiger partial charge in [0.25, 0.3) is 5.91 Å². The highest BCUT2D eigenvalue weighted by atomic mass is 32.2. The predicted molar refractivity (Wildman–Crippen MR) is 133 cm³/mol. The number of hydrogen-bond donors (Lipinski definition) is 1. The second kappa shape index (κ2) is 8.78. The lowest BCUT2D eigenvalue weighted by atomic mass is 10.0. The lowest BCUT2D eigenvalue weighted by Gasteiger charge is -2.28. The third-order valence-corrected chi connectivity index (χ3v) is 8.69. The molecule has 9 heteroatoms. The van der Waals surface area contributed by atoms with E-state index in [9.17, 15) is 13.2 Å². The fraction of sp³-hybridized carbons (Fsp3) is 0.480. The van der Waals surface area contributed by atoms with Crippen LogP contribution in [0.3, 0.4) is 0 Å². The van der Waals surface area contributed by atoms with E-state index in [-0.39, 0.29) is 29.5 Å². The first-order valence-electron chi connectivity index (χ1n) is 11.9. The zero-order valence-corrected chi connectivity index (χ0v) is 20.7. The zero-order valence-electron chi connectivity index (χ0n) is 19.9. The minimum atomic E-state index is -3.20. The number of sulfone groups is 1. The molecule has 2 aliphatic heterocycles. The van der Waals surface area contributed by atoms with Crippen LogP contribution in [-0.2, 0) is 9.84 Å². The standard InChI is InChI=1S/C25H31N5O3S/c1-16(2)30-24-20(13-26-30)19(12-21(27-24)18-9-5-4-8-17(18)3)25(31)28-22-14-34(32,33)15-23(22)29-10-6-7-11-29/h4-5,8-9,12-13,16,22-23H,6-7,10-11,14-15H2,1-3H3,(H,28,31). The normalized spacial score (nSPS) is 22.6. The van der Waals surface area contributed by atoms with Crippen LogP contribution in [0.5, 0.6) is 0 Å². The molecule has 5 rings (SSSR count). The Morgan fingerprint density at radius 2 is 1.88 bits per heavy atom. The lowest BCUT2D eigenvalue weighted by molar-refractivity contribution is 0.0920. The molecule has 2 aliphatic rings. The molecule has 0 bridgehead atoms. The molecule has 0 radical (unpaired) electrons. The Hall–Kier alpha value is -2.78. The summed E-state index contributed by atoms with van der Waals surface area (Å²) < 4.78 is 26.8. The number of carbonyl (C=O) groups is 1. The second-order valence-electron chi connectivity index (χ2n) is 9.76. The number of pyridine rings is 1. The quantitative estimate of drug-likeness (QED) is 0.602. The summed E-state index contributed by atoms with van der Waals surface area (Å²) in [7, 11) is -3.20. The Balaban J connectivity index is 1.56. The molecule has 1 aromatic carbocycles. The van der Waals surface area contributed by atoms with Gasteiger partial charge in [-0.3, -0.25) is 9.69 Å². The van der Waals surface area contributed by atoms with Crippen molar-refractivity contribution in [3.8, 4) is 11.3 Å². The van der Waals surface area contributed by atoms with E-state index in [2.05, 4.69) is 15.3 Å². The fourth-order valence-electron chi connectivity index (χ4n) is 5.23. The molecule has 3 aromatic rings. The number of benzene rings is 1. The highest BCUT2D eigenvalue weighted by molar-refractivity contribution is 7.91. The third kappa shape index (κ3) is 4.22. The Labute approximate surface area is 200 Å². The molecule has 0 spiro atoms. The summed E-state index contributed by atoms with van der Waals surface area (Å²) in [5, 5.41) is 8.24. The van der Waals surface area contributed by atoms with Crippen molar-refractivity contribution in [2.45, 2.75) is 51.7 Å². The van der Waals surface area contributed by atoms with E-state index < -0.39 is 15.9 Å². The molecule has 180 valence electrons. The number of aromatic nitrogens is 3. The SMILES string of the molecule is Cc1ccccc1-c1cc(C(=O)NC2CS(=O)(=O)CC2N2CCCC2)c2cnn(C(C)C)c2n1. The van der Waals surface area contributed by atoms with Crippen molar-refractivity contribution in [2.24, 2.45) is 0 Å². The summed E-state index contributed by atoms with van der Waals surface area (Å²) in [6.07, 6.45) is 3.81. The topological polar surface area (TPSA) is 97.2 Å². The number of nitrogens with one attached hydrogen (secondary N) is 1. The number of nitrogens with zero attached hydrogens (tertiary/aromatic N) is 4. The maximum absolute atomic E-state index is 13.6. The predicted octanol–water partition coefficient (Wildman–Crippen LogP) is 2.98. The molecule has 8 nitrogen and oxygen atoms in total. The van der Waals surface area contributed by atoms with Crippen LogP contribution in [0.2, 0.25) is 0 Å². The number of aryl methyl sites for hydroxylation is 1. The maximum atomic E-state index is 13.6. The maximum Gasteiger partial charge on any atom is 0.252 e. The van der Waals surface area contributed by atoms with Crippen LogP contribution in [0.1, 0.15) is 48.7 Å². The molecule has 0 saturated carbocycles. The van der Waals surface area contributed by atoms with Gasteiger partial charge in [-0.15, -0.1) is 0 Å². The minimum Gasteiger partial charge on any atom is -0.347 e. The van der Waals surface area contributed by atoms with Crippen molar-refractivity contribution in [1.82, 2.24) is 25.0 Å². The fourth-order valence-corrected chi connectivity index (χ4v) is 7.18. The van der Waals surface area contributed by atoms with Gasteiger partial charge in [-0.1, -0.05) is 24.3 Å². The molecule has 2 aromatic heterocycles. The van der Waals surface area contributed by atoms with Crippen LogP contribution >= 0.6 is 0 Å². The number of rotatable bonds is 5. The van der Waals surface area contributed by atoms with Gasteiger partial charge in [0.15, 0.2) is 15.5 Å². The van der Waals surface area contributed by atoms with Gasteiger partial charge in [-0.05, 0) is 58.3 Å². The van der Waals surface area contributed by atoms with E-state index >= 15 is 0 Å². The molecule has 2 fully saturated rings. The Bertz CT molecular complexity index is 1340. The summed E-state index contributed by atoms with van der Waals surface area (Å²) in [6, 6.07) is 9.22. The van der Waals surface area contributed by atoms with E-state index in [0.29, 0.717) is 22.3 Å². The summed E-state index contributed by atoms with van der Waals surface area (Å²) in [5.41, 5.74) is 3.84. The molecular formula is C25H31N5O3S. The summed E-state index contributed by atoms with van der Waals surface area (Å²) in [4.78, 5) is 20.7.